The van der Waals surface area contributed by atoms with Crippen molar-refractivity contribution in [2.75, 3.05) is 0 Å². The van der Waals surface area contributed by atoms with Crippen LogP contribution in [0.1, 0.15) is 38.4 Å². The number of tetrazole rings is 1. The zero-order valence-electron chi connectivity index (χ0n) is 8.68. The van der Waals surface area contributed by atoms with Crippen LogP contribution < -0.4 is 0 Å². The number of carbonyl (C=O) groups is 1. The van der Waals surface area contributed by atoms with Gasteiger partial charge in [0, 0.05) is 0 Å². The van der Waals surface area contributed by atoms with Crippen molar-refractivity contribution in [3.05, 3.63) is 5.82 Å². The third kappa shape index (κ3) is 1.49. The van der Waals surface area contributed by atoms with Crippen LogP contribution in [0.2, 0.25) is 0 Å². The Morgan fingerprint density at radius 3 is 2.80 bits per heavy atom. The molecule has 6 heteroatoms. The first-order valence-electron chi connectivity index (χ1n) is 5.21. The largest absolute Gasteiger partial charge is 0.480 e. The Kier molecular flexibility index (Phi) is 2.42. The number of carboxylic acids is 1. The van der Waals surface area contributed by atoms with Crippen LogP contribution in [-0.4, -0.2) is 31.3 Å². The quantitative estimate of drug-likeness (QED) is 0.786. The Morgan fingerprint density at radius 2 is 2.33 bits per heavy atom. The molecule has 0 radical (unpaired) electrons. The molecule has 0 unspecified atom stereocenters. The highest BCUT2D eigenvalue weighted by Crippen LogP contribution is 2.41. The van der Waals surface area contributed by atoms with Crippen LogP contribution in [0.4, 0.5) is 0 Å². The highest BCUT2D eigenvalue weighted by atomic mass is 16.4. The van der Waals surface area contributed by atoms with Crippen LogP contribution in [0, 0.1) is 0 Å². The van der Waals surface area contributed by atoms with Crippen LogP contribution in [0.15, 0.2) is 0 Å². The lowest BCUT2D eigenvalue weighted by Crippen LogP contribution is -2.43. The number of aliphatic carboxylic acids is 1. The molecule has 1 fully saturated rings. The van der Waals surface area contributed by atoms with Gasteiger partial charge in [0.15, 0.2) is 5.82 Å². The molecule has 0 aliphatic heterocycles. The van der Waals surface area contributed by atoms with E-state index in [1.54, 1.807) is 0 Å². The number of rotatable bonds is 4. The van der Waals surface area contributed by atoms with Crippen LogP contribution in [-0.2, 0) is 16.8 Å². The van der Waals surface area contributed by atoms with Crippen molar-refractivity contribution < 1.29 is 9.90 Å². The van der Waals surface area contributed by atoms with E-state index in [-0.39, 0.29) is 0 Å². The van der Waals surface area contributed by atoms with E-state index in [1.807, 2.05) is 6.92 Å². The fourth-order valence-electron chi connectivity index (χ4n) is 1.79. The smallest absolute Gasteiger partial charge is 0.317 e. The highest BCUT2D eigenvalue weighted by Gasteiger charge is 2.49. The molecule has 1 aromatic rings. The average Bonchev–Trinajstić information content (AvgIpc) is 2.51. The fourth-order valence-corrected chi connectivity index (χ4v) is 1.79. The van der Waals surface area contributed by atoms with Gasteiger partial charge in [-0.05, 0) is 24.5 Å². The molecule has 0 atom stereocenters. The molecule has 1 aromatic heterocycles. The summed E-state index contributed by atoms with van der Waals surface area (Å²) < 4.78 is 0. The first kappa shape index (κ1) is 10.1. The van der Waals surface area contributed by atoms with Gasteiger partial charge in [-0.1, -0.05) is 13.3 Å². The summed E-state index contributed by atoms with van der Waals surface area (Å²) in [6, 6.07) is 0. The van der Waals surface area contributed by atoms with Gasteiger partial charge < -0.3 is 5.11 Å². The number of nitrogens with zero attached hydrogens (tertiary/aromatic N) is 4. The Morgan fingerprint density at radius 1 is 1.60 bits per heavy atom. The van der Waals surface area contributed by atoms with Gasteiger partial charge in [0.2, 0.25) is 0 Å². The molecular weight excluding hydrogens is 196 g/mol. The minimum atomic E-state index is -0.855. The molecule has 82 valence electrons. The summed E-state index contributed by atoms with van der Waals surface area (Å²) in [6.45, 7) is 2.70. The SMILES string of the molecule is CCCn1nnc(C2(C(=O)O)CCC2)n1. The van der Waals surface area contributed by atoms with E-state index in [2.05, 4.69) is 15.4 Å². The van der Waals surface area contributed by atoms with E-state index in [4.69, 9.17) is 5.11 Å². The zero-order chi connectivity index (χ0) is 10.9. The summed E-state index contributed by atoms with van der Waals surface area (Å²) >= 11 is 0. The van der Waals surface area contributed by atoms with Crippen LogP contribution in [0.25, 0.3) is 0 Å². The maximum Gasteiger partial charge on any atom is 0.317 e. The first-order valence-corrected chi connectivity index (χ1v) is 5.21. The maximum absolute atomic E-state index is 11.2. The zero-order valence-corrected chi connectivity index (χ0v) is 8.68. The van der Waals surface area contributed by atoms with Crippen LogP contribution in [0.5, 0.6) is 0 Å². The topological polar surface area (TPSA) is 80.9 Å². The van der Waals surface area contributed by atoms with E-state index >= 15 is 0 Å². The lowest BCUT2D eigenvalue weighted by atomic mass is 9.68. The lowest BCUT2D eigenvalue weighted by Gasteiger charge is -2.34. The molecular formula is C9H14N4O2. The van der Waals surface area contributed by atoms with Crippen molar-refractivity contribution in [3.63, 3.8) is 0 Å². The van der Waals surface area contributed by atoms with Gasteiger partial charge in [-0.25, -0.2) is 0 Å². The van der Waals surface area contributed by atoms with Gasteiger partial charge in [0.05, 0.1) is 6.54 Å². The molecule has 1 heterocycles. The second-order valence-electron chi connectivity index (χ2n) is 3.95. The van der Waals surface area contributed by atoms with E-state index in [0.29, 0.717) is 25.2 Å². The van der Waals surface area contributed by atoms with Gasteiger partial charge in [-0.3, -0.25) is 4.79 Å². The Bertz CT molecular complexity index is 370. The number of aromatic nitrogens is 4. The molecule has 1 saturated carbocycles. The second kappa shape index (κ2) is 3.60. The Labute approximate surface area is 87.3 Å². The van der Waals surface area contributed by atoms with Crippen LogP contribution >= 0.6 is 0 Å². The first-order chi connectivity index (χ1) is 7.19. The van der Waals surface area contributed by atoms with Crippen molar-refractivity contribution >= 4 is 5.97 Å². The summed E-state index contributed by atoms with van der Waals surface area (Å²) in [6.07, 6.45) is 3.09. The van der Waals surface area contributed by atoms with Gasteiger partial charge in [0.25, 0.3) is 0 Å². The fraction of sp³-hybridized carbons (Fsp3) is 0.778. The third-order valence-corrected chi connectivity index (χ3v) is 2.92. The van der Waals surface area contributed by atoms with Gasteiger partial charge in [0.1, 0.15) is 5.41 Å². The van der Waals surface area contributed by atoms with E-state index in [9.17, 15) is 4.79 Å². The van der Waals surface area contributed by atoms with Crippen molar-refractivity contribution in [2.24, 2.45) is 0 Å². The predicted molar refractivity (Wildman–Crippen MR) is 51.3 cm³/mol. The maximum atomic E-state index is 11.2. The summed E-state index contributed by atoms with van der Waals surface area (Å²) in [5.41, 5.74) is -0.855. The van der Waals surface area contributed by atoms with E-state index in [0.717, 1.165) is 12.8 Å². The molecule has 1 aliphatic carbocycles. The number of hydrogen-bond acceptors (Lipinski definition) is 4. The standard InChI is InChI=1S/C9H14N4O2/c1-2-6-13-11-7(10-12-13)9(8(14)15)4-3-5-9/h2-6H2,1H3,(H,14,15). The van der Waals surface area contributed by atoms with Crippen molar-refractivity contribution in [3.8, 4) is 0 Å². The number of hydrogen-bond donors (Lipinski definition) is 1. The van der Waals surface area contributed by atoms with Crippen molar-refractivity contribution in [2.45, 2.75) is 44.6 Å². The Hall–Kier alpha value is -1.46. The average molecular weight is 210 g/mol. The van der Waals surface area contributed by atoms with Gasteiger partial charge in [-0.2, -0.15) is 4.80 Å². The molecule has 0 amide bonds. The molecule has 2 rings (SSSR count). The number of aryl methyl sites for hydroxylation is 1. The van der Waals surface area contributed by atoms with Crippen molar-refractivity contribution in [1.82, 2.24) is 20.2 Å². The number of carboxylic acid groups (broad SMARTS) is 1. The summed E-state index contributed by atoms with van der Waals surface area (Å²) in [7, 11) is 0. The highest BCUT2D eigenvalue weighted by molar-refractivity contribution is 5.81. The minimum Gasteiger partial charge on any atom is -0.480 e. The summed E-state index contributed by atoms with van der Waals surface area (Å²) in [4.78, 5) is 12.6. The minimum absolute atomic E-state index is 0.370. The molecule has 0 bridgehead atoms. The Balaban J connectivity index is 2.23. The van der Waals surface area contributed by atoms with E-state index in [1.165, 1.54) is 4.80 Å². The third-order valence-electron chi connectivity index (χ3n) is 2.92. The van der Waals surface area contributed by atoms with Crippen LogP contribution in [0.3, 0.4) is 0 Å². The molecule has 6 nitrogen and oxygen atoms in total. The summed E-state index contributed by atoms with van der Waals surface area (Å²) in [5, 5.41) is 21.0. The molecule has 1 aliphatic rings. The van der Waals surface area contributed by atoms with Crippen molar-refractivity contribution in [1.29, 1.82) is 0 Å². The normalized spacial score (nSPS) is 18.5. The molecule has 15 heavy (non-hydrogen) atoms. The molecule has 1 N–H and O–H groups in total. The van der Waals surface area contributed by atoms with Gasteiger partial charge >= 0.3 is 5.97 Å². The molecule has 0 spiro atoms. The molecule has 0 aromatic carbocycles. The van der Waals surface area contributed by atoms with Gasteiger partial charge in [-0.15, -0.1) is 10.2 Å². The predicted octanol–water partition coefficient (Wildman–Crippen LogP) is 0.589. The second-order valence-corrected chi connectivity index (χ2v) is 3.95. The van der Waals surface area contributed by atoms with E-state index < -0.39 is 11.4 Å². The lowest BCUT2D eigenvalue weighted by molar-refractivity contribution is -0.147. The molecule has 0 saturated heterocycles. The summed E-state index contributed by atoms with van der Waals surface area (Å²) in [5.74, 6) is -0.459. The monoisotopic (exact) mass is 210 g/mol.